The number of carbonyl (C=O) groups excluding carboxylic acids is 1. The Morgan fingerprint density at radius 3 is 2.61 bits per heavy atom. The van der Waals surface area contributed by atoms with Crippen molar-refractivity contribution in [2.75, 3.05) is 11.9 Å². The number of nitrogens with two attached hydrogens (primary N) is 1. The summed E-state index contributed by atoms with van der Waals surface area (Å²) >= 11 is 0. The Morgan fingerprint density at radius 2 is 1.90 bits per heavy atom. The first-order valence-corrected chi connectivity index (χ1v) is 10.9. The van der Waals surface area contributed by atoms with E-state index in [0.29, 0.717) is 6.42 Å². The van der Waals surface area contributed by atoms with Crippen LogP contribution in [0.5, 0.6) is 0 Å². The summed E-state index contributed by atoms with van der Waals surface area (Å²) in [5.41, 5.74) is 13.2. The van der Waals surface area contributed by atoms with Crippen molar-refractivity contribution in [1.29, 1.82) is 0 Å². The second-order valence-corrected chi connectivity index (χ2v) is 8.57. The highest BCUT2D eigenvalue weighted by molar-refractivity contribution is 5.82. The van der Waals surface area contributed by atoms with E-state index in [1.165, 1.54) is 22.3 Å². The largest absolute Gasteiger partial charge is 0.368 e. The summed E-state index contributed by atoms with van der Waals surface area (Å²) in [4.78, 5) is 21.0. The smallest absolute Gasteiger partial charge is 0.237 e. The van der Waals surface area contributed by atoms with E-state index in [0.717, 1.165) is 42.3 Å². The number of fused-ring (bicyclic) bond motifs is 1. The molecule has 6 nitrogen and oxygen atoms in total. The maximum absolute atomic E-state index is 12.9. The standard InChI is InChI=1S/C25H31N5O/c1-15-11-16(2)19(17(3)12-15)14-20(26)25(31)28-21-9-10-27-24-23(21)29-22(30-24)13-18-7-5-4-6-8-18/h4-8,11-12,20-21,27H,9-10,13-14,26H2,1-3H3,(H,28,31)(H,29,30). The molecular weight excluding hydrogens is 386 g/mol. The molecule has 1 amide bonds. The molecule has 2 atom stereocenters. The van der Waals surface area contributed by atoms with Crippen molar-refractivity contribution in [2.45, 2.75) is 52.1 Å². The molecule has 4 rings (SSSR count). The van der Waals surface area contributed by atoms with Crippen molar-refractivity contribution in [3.63, 3.8) is 0 Å². The van der Waals surface area contributed by atoms with Gasteiger partial charge >= 0.3 is 0 Å². The van der Waals surface area contributed by atoms with E-state index in [-0.39, 0.29) is 11.9 Å². The molecular formula is C25H31N5O. The number of hydrogen-bond acceptors (Lipinski definition) is 4. The Labute approximate surface area is 183 Å². The number of H-pyrrole nitrogens is 1. The highest BCUT2D eigenvalue weighted by Gasteiger charge is 2.27. The van der Waals surface area contributed by atoms with Crippen LogP contribution in [0.2, 0.25) is 0 Å². The van der Waals surface area contributed by atoms with E-state index >= 15 is 0 Å². The SMILES string of the molecule is Cc1cc(C)c(CC(N)C(=O)NC2CCNc3nc(Cc4ccccc4)[nH]c32)c(C)c1. The molecule has 2 unspecified atom stereocenters. The number of anilines is 1. The molecule has 0 radical (unpaired) electrons. The van der Waals surface area contributed by atoms with Gasteiger partial charge in [-0.15, -0.1) is 0 Å². The summed E-state index contributed by atoms with van der Waals surface area (Å²) in [5, 5.41) is 6.48. The lowest BCUT2D eigenvalue weighted by molar-refractivity contribution is -0.123. The van der Waals surface area contributed by atoms with Gasteiger partial charge in [0, 0.05) is 13.0 Å². The second kappa shape index (κ2) is 8.94. The zero-order valence-corrected chi connectivity index (χ0v) is 18.5. The van der Waals surface area contributed by atoms with Crippen LogP contribution in [0.1, 0.15) is 51.8 Å². The average Bonchev–Trinajstić information content (AvgIpc) is 3.14. The van der Waals surface area contributed by atoms with Gasteiger partial charge in [-0.3, -0.25) is 4.79 Å². The number of nitrogens with zero attached hydrogens (tertiary/aromatic N) is 1. The van der Waals surface area contributed by atoms with Crippen LogP contribution in [0.3, 0.4) is 0 Å². The fourth-order valence-electron chi connectivity index (χ4n) is 4.44. The van der Waals surface area contributed by atoms with Gasteiger partial charge in [0.25, 0.3) is 0 Å². The molecule has 0 aliphatic carbocycles. The van der Waals surface area contributed by atoms with Crippen molar-refractivity contribution >= 4 is 11.7 Å². The third-order valence-electron chi connectivity index (χ3n) is 5.99. The molecule has 0 saturated carbocycles. The summed E-state index contributed by atoms with van der Waals surface area (Å²) in [6.07, 6.45) is 2.05. The first-order chi connectivity index (χ1) is 14.9. The second-order valence-electron chi connectivity index (χ2n) is 8.57. The highest BCUT2D eigenvalue weighted by Crippen LogP contribution is 2.28. The fourth-order valence-corrected chi connectivity index (χ4v) is 4.44. The summed E-state index contributed by atoms with van der Waals surface area (Å²) < 4.78 is 0. The number of aryl methyl sites for hydroxylation is 3. The van der Waals surface area contributed by atoms with Gasteiger partial charge in [0.2, 0.25) is 5.91 Å². The number of carbonyl (C=O) groups is 1. The number of amides is 1. The lowest BCUT2D eigenvalue weighted by Crippen LogP contribution is -2.44. The first-order valence-electron chi connectivity index (χ1n) is 10.9. The monoisotopic (exact) mass is 417 g/mol. The topological polar surface area (TPSA) is 95.8 Å². The third-order valence-corrected chi connectivity index (χ3v) is 5.99. The van der Waals surface area contributed by atoms with Gasteiger partial charge in [0.05, 0.1) is 17.8 Å². The quantitative estimate of drug-likeness (QED) is 0.494. The normalized spacial score (nSPS) is 16.3. The van der Waals surface area contributed by atoms with Crippen molar-refractivity contribution < 1.29 is 4.79 Å². The van der Waals surface area contributed by atoms with Gasteiger partial charge in [0.15, 0.2) is 0 Å². The van der Waals surface area contributed by atoms with Gasteiger partial charge in [-0.05, 0) is 55.9 Å². The molecule has 162 valence electrons. The molecule has 0 bridgehead atoms. The minimum Gasteiger partial charge on any atom is -0.368 e. The summed E-state index contributed by atoms with van der Waals surface area (Å²) in [6, 6.07) is 13.8. The molecule has 0 saturated heterocycles. The lowest BCUT2D eigenvalue weighted by atomic mass is 9.94. The van der Waals surface area contributed by atoms with Crippen LogP contribution in [0, 0.1) is 20.8 Å². The maximum atomic E-state index is 12.9. The summed E-state index contributed by atoms with van der Waals surface area (Å²) in [7, 11) is 0. The van der Waals surface area contributed by atoms with Gasteiger partial charge in [-0.1, -0.05) is 48.0 Å². The number of benzene rings is 2. The Kier molecular flexibility index (Phi) is 6.09. The number of nitrogens with one attached hydrogen (secondary N) is 3. The Bertz CT molecular complexity index is 1050. The summed E-state index contributed by atoms with van der Waals surface area (Å²) in [6.45, 7) is 7.01. The molecule has 1 aliphatic rings. The zero-order chi connectivity index (χ0) is 22.0. The number of rotatable bonds is 6. The minimum absolute atomic E-state index is 0.118. The molecule has 5 N–H and O–H groups in total. The molecule has 6 heteroatoms. The number of imidazole rings is 1. The molecule has 3 aromatic rings. The third kappa shape index (κ3) is 4.80. The van der Waals surface area contributed by atoms with E-state index in [2.05, 4.69) is 60.7 Å². The Morgan fingerprint density at radius 1 is 1.19 bits per heavy atom. The average molecular weight is 418 g/mol. The van der Waals surface area contributed by atoms with Crippen LogP contribution >= 0.6 is 0 Å². The van der Waals surface area contributed by atoms with E-state index < -0.39 is 6.04 Å². The van der Waals surface area contributed by atoms with E-state index in [1.54, 1.807) is 0 Å². The van der Waals surface area contributed by atoms with Crippen LogP contribution in [0.25, 0.3) is 0 Å². The minimum atomic E-state index is -0.592. The van der Waals surface area contributed by atoms with Crippen molar-refractivity contribution in [3.8, 4) is 0 Å². The predicted molar refractivity (Wildman–Crippen MR) is 124 cm³/mol. The van der Waals surface area contributed by atoms with E-state index in [4.69, 9.17) is 10.7 Å². The van der Waals surface area contributed by atoms with Crippen molar-refractivity contribution in [3.05, 3.63) is 81.8 Å². The Hall–Kier alpha value is -3.12. The molecule has 0 spiro atoms. The highest BCUT2D eigenvalue weighted by atomic mass is 16.2. The van der Waals surface area contributed by atoms with Gasteiger partial charge in [-0.25, -0.2) is 4.98 Å². The van der Waals surface area contributed by atoms with Crippen LogP contribution in [-0.4, -0.2) is 28.5 Å². The van der Waals surface area contributed by atoms with Crippen LogP contribution < -0.4 is 16.4 Å². The zero-order valence-electron chi connectivity index (χ0n) is 18.5. The summed E-state index contributed by atoms with van der Waals surface area (Å²) in [5.74, 6) is 1.58. The first kappa shape index (κ1) is 21.1. The molecule has 2 heterocycles. The van der Waals surface area contributed by atoms with Crippen molar-refractivity contribution in [1.82, 2.24) is 15.3 Å². The van der Waals surface area contributed by atoms with E-state index in [1.807, 2.05) is 18.2 Å². The molecule has 1 aliphatic heterocycles. The number of aromatic nitrogens is 2. The van der Waals surface area contributed by atoms with Gasteiger partial charge in [-0.2, -0.15) is 0 Å². The Balaban J connectivity index is 1.45. The molecule has 2 aromatic carbocycles. The van der Waals surface area contributed by atoms with Crippen LogP contribution in [0.15, 0.2) is 42.5 Å². The van der Waals surface area contributed by atoms with Crippen molar-refractivity contribution in [2.24, 2.45) is 5.73 Å². The van der Waals surface area contributed by atoms with Crippen LogP contribution in [-0.2, 0) is 17.6 Å². The number of hydrogen-bond donors (Lipinski definition) is 4. The number of aromatic amines is 1. The fraction of sp³-hybridized carbons (Fsp3) is 0.360. The lowest BCUT2D eigenvalue weighted by Gasteiger charge is -2.25. The van der Waals surface area contributed by atoms with Gasteiger partial charge in [0.1, 0.15) is 11.6 Å². The molecule has 31 heavy (non-hydrogen) atoms. The van der Waals surface area contributed by atoms with Gasteiger partial charge < -0.3 is 21.4 Å². The predicted octanol–water partition coefficient (Wildman–Crippen LogP) is 3.47. The maximum Gasteiger partial charge on any atom is 0.237 e. The molecule has 1 aromatic heterocycles. The van der Waals surface area contributed by atoms with Crippen LogP contribution in [0.4, 0.5) is 5.82 Å². The molecule has 0 fully saturated rings. The van der Waals surface area contributed by atoms with E-state index in [9.17, 15) is 4.79 Å².